The van der Waals surface area contributed by atoms with Crippen molar-refractivity contribution in [1.29, 1.82) is 0 Å². The maximum atomic E-state index is 9.92. The molecule has 284 valence electrons. The summed E-state index contributed by atoms with van der Waals surface area (Å²) in [6.45, 7) is 0. The van der Waals surface area contributed by atoms with Gasteiger partial charge in [0.15, 0.2) is 0 Å². The smallest absolute Gasteiger partial charge is 0.0651 e. The van der Waals surface area contributed by atoms with E-state index in [1.165, 1.54) is 0 Å². The molecule has 2 aliphatic rings. The SMILES string of the molecule is [2H]c1c([2H])c([2H])c(-c2ccc3cc(-c4ccc(N(c5ccc6c(c5)C(c5ccccc5)(c5ccccc5)C5C=CC=CC65)c5c([2H])c([2H])c([2H])c(-c6c([2H])c([2H])c([2H])c([2H])c6[2H])c5[2H])cc4)ccc3c2)c([2H])c1[2H]. The lowest BCUT2D eigenvalue weighted by molar-refractivity contribution is 0.457. The van der Waals surface area contributed by atoms with Gasteiger partial charge in [-0.05, 0) is 115 Å². The summed E-state index contributed by atoms with van der Waals surface area (Å²) in [5.74, 6) is -0.0664. The van der Waals surface area contributed by atoms with Crippen molar-refractivity contribution in [2.24, 2.45) is 5.92 Å². The zero-order valence-electron chi connectivity index (χ0n) is 46.2. The highest BCUT2D eigenvalue weighted by atomic mass is 15.1. The summed E-state index contributed by atoms with van der Waals surface area (Å²) in [6, 6.07) is 38.2. The van der Waals surface area contributed by atoms with Crippen LogP contribution in [0.2, 0.25) is 0 Å². The van der Waals surface area contributed by atoms with Gasteiger partial charge in [0.05, 0.1) is 24.6 Å². The molecule has 9 aromatic carbocycles. The molecule has 0 heterocycles. The van der Waals surface area contributed by atoms with Gasteiger partial charge in [0.1, 0.15) is 0 Å². The van der Waals surface area contributed by atoms with Crippen LogP contribution >= 0.6 is 0 Å². The van der Waals surface area contributed by atoms with Crippen molar-refractivity contribution < 1.29 is 19.2 Å². The Morgan fingerprint density at radius 3 is 1.62 bits per heavy atom. The van der Waals surface area contributed by atoms with Crippen molar-refractivity contribution in [3.05, 3.63) is 271 Å². The molecule has 2 aliphatic carbocycles. The number of fused-ring (bicyclic) bond motifs is 4. The van der Waals surface area contributed by atoms with E-state index in [1.54, 1.807) is 17.0 Å². The number of benzene rings is 9. The van der Waals surface area contributed by atoms with E-state index in [9.17, 15) is 4.11 Å². The van der Waals surface area contributed by atoms with E-state index >= 15 is 0 Å². The average Bonchev–Trinajstić information content (AvgIpc) is 3.73. The molecule has 0 saturated carbocycles. The lowest BCUT2D eigenvalue weighted by Gasteiger charge is -2.39. The molecule has 0 fully saturated rings. The van der Waals surface area contributed by atoms with E-state index < -0.39 is 83.5 Å². The molecular formula is C59H43N. The lowest BCUT2D eigenvalue weighted by Crippen LogP contribution is -2.35. The molecule has 1 nitrogen and oxygen atoms in total. The molecule has 0 saturated heterocycles. The number of allylic oxidation sites excluding steroid dienone is 4. The first kappa shape index (κ1) is 23.8. The van der Waals surface area contributed by atoms with Gasteiger partial charge >= 0.3 is 0 Å². The Morgan fingerprint density at radius 1 is 0.417 bits per heavy atom. The predicted octanol–water partition coefficient (Wildman–Crippen LogP) is 15.5. The zero-order chi connectivity index (χ0) is 52.1. The Hall–Kier alpha value is -7.48. The van der Waals surface area contributed by atoms with Gasteiger partial charge < -0.3 is 4.90 Å². The highest BCUT2D eigenvalue weighted by molar-refractivity contribution is 5.91. The maximum absolute atomic E-state index is 9.92. The topological polar surface area (TPSA) is 3.24 Å². The Balaban J connectivity index is 1.11. The molecule has 0 spiro atoms. The van der Waals surface area contributed by atoms with Crippen LogP contribution < -0.4 is 4.90 Å². The van der Waals surface area contributed by atoms with E-state index in [2.05, 4.69) is 60.7 Å². The van der Waals surface area contributed by atoms with Crippen LogP contribution in [-0.2, 0) is 5.41 Å². The monoisotopic (exact) mass is 779 g/mol. The zero-order valence-corrected chi connectivity index (χ0v) is 32.2. The van der Waals surface area contributed by atoms with Crippen LogP contribution in [0.25, 0.3) is 44.2 Å². The fourth-order valence-corrected chi connectivity index (χ4v) is 9.21. The molecule has 0 aliphatic heterocycles. The fraction of sp³-hybridized carbons (Fsp3) is 0.0508. The molecule has 0 aromatic heterocycles. The Bertz CT molecular complexity index is 3760. The summed E-state index contributed by atoms with van der Waals surface area (Å²) in [5, 5.41) is 1.62. The van der Waals surface area contributed by atoms with Crippen LogP contribution in [0.15, 0.2) is 248 Å². The molecule has 1 heteroatoms. The second-order valence-electron chi connectivity index (χ2n) is 15.0. The fourth-order valence-electron chi connectivity index (χ4n) is 9.21. The molecule has 60 heavy (non-hydrogen) atoms. The summed E-state index contributed by atoms with van der Waals surface area (Å²) in [6.07, 6.45) is 8.61. The maximum Gasteiger partial charge on any atom is 0.0651 e. The number of nitrogens with zero attached hydrogens (tertiary/aromatic N) is 1. The normalized spacial score (nSPS) is 19.3. The van der Waals surface area contributed by atoms with Crippen LogP contribution in [0.3, 0.4) is 0 Å². The summed E-state index contributed by atoms with van der Waals surface area (Å²) in [5.41, 5.74) is 5.80. The summed E-state index contributed by atoms with van der Waals surface area (Å²) in [4.78, 5) is 1.69. The van der Waals surface area contributed by atoms with Crippen molar-refractivity contribution in [1.82, 2.24) is 0 Å². The molecule has 0 N–H and O–H groups in total. The molecule has 2 atom stereocenters. The predicted molar refractivity (Wildman–Crippen MR) is 252 cm³/mol. The number of anilines is 3. The molecule has 9 aromatic rings. The van der Waals surface area contributed by atoms with Crippen molar-refractivity contribution in [3.8, 4) is 33.4 Å². The van der Waals surface area contributed by atoms with Gasteiger partial charge in [-0.2, -0.15) is 0 Å². The Kier molecular flexibility index (Phi) is 5.97. The number of hydrogen-bond acceptors (Lipinski definition) is 1. The Labute approximate surface area is 372 Å². The highest BCUT2D eigenvalue weighted by Gasteiger charge is 2.53. The molecule has 0 amide bonds. The molecule has 0 bridgehead atoms. The third-order valence-corrected chi connectivity index (χ3v) is 11.8. The first-order valence-electron chi connectivity index (χ1n) is 26.9. The van der Waals surface area contributed by atoms with Crippen LogP contribution in [0, 0.1) is 5.92 Å². The minimum atomic E-state index is -0.724. The summed E-state index contributed by atoms with van der Waals surface area (Å²) < 4.78 is 122. The molecule has 2 unspecified atom stereocenters. The van der Waals surface area contributed by atoms with Gasteiger partial charge in [-0.25, -0.2) is 0 Å². The van der Waals surface area contributed by atoms with Gasteiger partial charge in [-0.15, -0.1) is 0 Å². The molecular weight excluding hydrogens is 723 g/mol. The van der Waals surface area contributed by atoms with E-state index in [1.807, 2.05) is 91.0 Å². The van der Waals surface area contributed by atoms with Crippen molar-refractivity contribution in [3.63, 3.8) is 0 Å². The van der Waals surface area contributed by atoms with Crippen LogP contribution in [0.4, 0.5) is 17.1 Å². The first-order valence-corrected chi connectivity index (χ1v) is 19.9. The minimum Gasteiger partial charge on any atom is -0.310 e. The highest BCUT2D eigenvalue weighted by Crippen LogP contribution is 2.60. The largest absolute Gasteiger partial charge is 0.310 e. The van der Waals surface area contributed by atoms with Crippen molar-refractivity contribution in [2.45, 2.75) is 11.3 Å². The van der Waals surface area contributed by atoms with Gasteiger partial charge in [0, 0.05) is 28.9 Å². The van der Waals surface area contributed by atoms with Crippen molar-refractivity contribution >= 4 is 27.8 Å². The number of hydrogen-bond donors (Lipinski definition) is 0. The molecule has 11 rings (SSSR count). The van der Waals surface area contributed by atoms with Gasteiger partial charge in [-0.1, -0.05) is 200 Å². The van der Waals surface area contributed by atoms with Crippen LogP contribution in [0.5, 0.6) is 0 Å². The van der Waals surface area contributed by atoms with Crippen LogP contribution in [-0.4, -0.2) is 0 Å². The summed E-state index contributed by atoms with van der Waals surface area (Å²) in [7, 11) is 0. The van der Waals surface area contributed by atoms with Crippen LogP contribution in [0.1, 0.15) is 47.4 Å². The third-order valence-electron chi connectivity index (χ3n) is 11.8. The van der Waals surface area contributed by atoms with Crippen molar-refractivity contribution in [2.75, 3.05) is 4.90 Å². The van der Waals surface area contributed by atoms with E-state index in [4.69, 9.17) is 15.1 Å². The third kappa shape index (κ3) is 6.10. The van der Waals surface area contributed by atoms with Gasteiger partial charge in [0.2, 0.25) is 0 Å². The van der Waals surface area contributed by atoms with E-state index in [0.717, 1.165) is 44.2 Å². The van der Waals surface area contributed by atoms with E-state index in [-0.39, 0.29) is 40.7 Å². The number of rotatable bonds is 8. The van der Waals surface area contributed by atoms with Gasteiger partial charge in [-0.3, -0.25) is 0 Å². The average molecular weight is 780 g/mol. The van der Waals surface area contributed by atoms with Gasteiger partial charge in [0.25, 0.3) is 0 Å². The second kappa shape index (κ2) is 15.0. The second-order valence-corrected chi connectivity index (χ2v) is 15.0. The van der Waals surface area contributed by atoms with E-state index in [0.29, 0.717) is 16.9 Å². The first-order chi connectivity index (χ1) is 35.6. The minimum absolute atomic E-state index is 0.0184. The lowest BCUT2D eigenvalue weighted by atomic mass is 9.63. The standard InChI is InChI=1S/C59H43N/c1-5-16-42(17-6-1)45-20-15-25-53(40-45)60(52-34-32-44(33-35-52)47-29-31-48-38-46(28-30-49(48)39-47)43-18-7-2-8-19-43)54-36-37-56-55-26-13-14-27-57(55)59(58(56)41-54,50-21-9-3-10-22-50)51-23-11-4-12-24-51/h1-41,55,57H/i1D,2D,5D,6D,7D,8D,15D,16D,17D,18D,19D,20D,25D,40D. The molecule has 0 radical (unpaired) electrons. The quantitative estimate of drug-likeness (QED) is 0.148. The Morgan fingerprint density at radius 2 is 0.967 bits per heavy atom. The summed E-state index contributed by atoms with van der Waals surface area (Å²) >= 11 is 0.